The van der Waals surface area contributed by atoms with E-state index in [1.54, 1.807) is 12.1 Å². The fourth-order valence-corrected chi connectivity index (χ4v) is 6.84. The zero-order valence-electron chi connectivity index (χ0n) is 14.2. The quantitative estimate of drug-likeness (QED) is 0.590. The first-order chi connectivity index (χ1) is 11.9. The van der Waals surface area contributed by atoms with Crippen LogP contribution in [0.4, 0.5) is 4.39 Å². The van der Waals surface area contributed by atoms with E-state index in [4.69, 9.17) is 0 Å². The van der Waals surface area contributed by atoms with Crippen LogP contribution in [0, 0.1) is 16.6 Å². The van der Waals surface area contributed by atoms with Crippen molar-refractivity contribution in [2.24, 2.45) is 10.5 Å². The topological polar surface area (TPSA) is 72.8 Å². The highest BCUT2D eigenvalue weighted by molar-refractivity contribution is 8.32. The summed E-state index contributed by atoms with van der Waals surface area (Å²) in [5.41, 5.74) is 0. The van der Waals surface area contributed by atoms with Crippen molar-refractivity contribution in [2.75, 3.05) is 30.9 Å². The molecule has 1 aromatic carbocycles. The van der Waals surface area contributed by atoms with Gasteiger partial charge in [0.2, 0.25) is 5.91 Å². The number of amides is 1. The molecule has 25 heavy (non-hydrogen) atoms. The molecular weight excluding hydrogens is 363 g/mol. The largest absolute Gasteiger partial charge is 0.611 e. The van der Waals surface area contributed by atoms with Crippen LogP contribution < -0.4 is 0 Å². The van der Waals surface area contributed by atoms with Crippen LogP contribution >= 0.6 is 10.2 Å². The number of hydrogen-bond donors (Lipinski definition) is 0. The van der Waals surface area contributed by atoms with Crippen LogP contribution in [0.2, 0.25) is 0 Å². The summed E-state index contributed by atoms with van der Waals surface area (Å²) in [6, 6.07) is 5.72. The summed E-state index contributed by atoms with van der Waals surface area (Å²) >= 11 is -1.24. The second kappa shape index (κ2) is 7.63. The van der Waals surface area contributed by atoms with Gasteiger partial charge in [-0.15, -0.1) is 15.1 Å². The number of nitrogens with zero attached hydrogens (tertiary/aromatic N) is 2. The Morgan fingerprint density at radius 3 is 2.52 bits per heavy atom. The number of rotatable bonds is 4. The van der Waals surface area contributed by atoms with E-state index >= 15 is 0 Å². The Labute approximate surface area is 152 Å². The van der Waals surface area contributed by atoms with Crippen molar-refractivity contribution in [2.45, 2.75) is 29.4 Å². The van der Waals surface area contributed by atoms with E-state index in [-0.39, 0.29) is 22.9 Å². The minimum atomic E-state index is -1.41. The summed E-state index contributed by atoms with van der Waals surface area (Å²) in [5.74, 6) is 1.18. The van der Waals surface area contributed by atoms with Crippen molar-refractivity contribution < 1.29 is 13.7 Å². The molecule has 2 atom stereocenters. The van der Waals surface area contributed by atoms with Crippen LogP contribution in [-0.2, 0) is 16.0 Å². The zero-order chi connectivity index (χ0) is 18.0. The molecule has 2 fully saturated rings. The van der Waals surface area contributed by atoms with Gasteiger partial charge in [0.05, 0.1) is 6.54 Å². The minimum absolute atomic E-state index is 0.0414. The molecule has 2 unspecified atom stereocenters. The molecule has 3 rings (SSSR count). The lowest BCUT2D eigenvalue weighted by atomic mass is 10.0. The third kappa shape index (κ3) is 4.17. The summed E-state index contributed by atoms with van der Waals surface area (Å²) in [6.07, 6.45) is 4.07. The van der Waals surface area contributed by atoms with Gasteiger partial charge in [0.25, 0.3) is 0 Å². The van der Waals surface area contributed by atoms with Crippen molar-refractivity contribution >= 4 is 27.3 Å². The second-order valence-electron chi connectivity index (χ2n) is 6.93. The van der Waals surface area contributed by atoms with E-state index in [0.717, 1.165) is 24.3 Å². The number of halogens is 1. The summed E-state index contributed by atoms with van der Waals surface area (Å²) < 4.78 is 28.9. The number of benzene rings is 1. The van der Waals surface area contributed by atoms with E-state index in [1.165, 1.54) is 12.1 Å². The van der Waals surface area contributed by atoms with Crippen LogP contribution in [0.1, 0.15) is 19.3 Å². The molecular formula is C17H23FN2O3S2. The highest BCUT2D eigenvalue weighted by atomic mass is 32.3. The van der Waals surface area contributed by atoms with Gasteiger partial charge < -0.3 is 9.45 Å². The Bertz CT molecular complexity index is 635. The van der Waals surface area contributed by atoms with Gasteiger partial charge in [-0.3, -0.25) is 4.79 Å². The van der Waals surface area contributed by atoms with Gasteiger partial charge in [0, 0.05) is 18.9 Å². The van der Waals surface area contributed by atoms with Crippen molar-refractivity contribution in [1.29, 1.82) is 0 Å². The third-order valence-electron chi connectivity index (χ3n) is 5.15. The minimum Gasteiger partial charge on any atom is -0.611 e. The molecule has 2 heterocycles. The average Bonchev–Trinajstić information content (AvgIpc) is 3.12. The van der Waals surface area contributed by atoms with Crippen molar-refractivity contribution in [3.63, 3.8) is 0 Å². The van der Waals surface area contributed by atoms with Crippen LogP contribution in [0.5, 0.6) is 0 Å². The fraction of sp³-hybridized carbons (Fsp3) is 0.588. The number of carbonyl (C=O) groups is 1. The normalized spacial score (nSPS) is 33.5. The predicted octanol–water partition coefficient (Wildman–Crippen LogP) is 3.06. The Morgan fingerprint density at radius 1 is 1.28 bits per heavy atom. The number of nitroso groups, excluding NO2 is 1. The zero-order valence-corrected chi connectivity index (χ0v) is 15.9. The van der Waals surface area contributed by atoms with Gasteiger partial charge in [0.1, 0.15) is 11.1 Å². The van der Waals surface area contributed by atoms with Crippen LogP contribution in [0.25, 0.3) is 0 Å². The molecule has 0 aliphatic carbocycles. The molecule has 0 N–H and O–H groups in total. The molecule has 2 aliphatic heterocycles. The molecule has 0 radical (unpaired) electrons. The van der Waals surface area contributed by atoms with E-state index in [0.29, 0.717) is 24.4 Å². The Hall–Kier alpha value is -1.12. The number of hydrogen-bond acceptors (Lipinski definition) is 4. The van der Waals surface area contributed by atoms with Gasteiger partial charge in [-0.1, -0.05) is 0 Å². The standard InChI is InChI=1S/C17H23FN2O3S2/c1-25(19-22)10-7-13(8-11-25)17(21)20-9-6-16(12-20)24(23)15-4-2-14(18)3-5-15/h2-5,13,16H,6-12H2,1H3. The highest BCUT2D eigenvalue weighted by Crippen LogP contribution is 2.51. The first-order valence-electron chi connectivity index (χ1n) is 8.45. The first kappa shape index (κ1) is 18.7. The summed E-state index contributed by atoms with van der Waals surface area (Å²) in [6.45, 7) is 1.10. The van der Waals surface area contributed by atoms with Crippen LogP contribution in [0.3, 0.4) is 0 Å². The first-order valence-corrected chi connectivity index (χ1v) is 12.0. The van der Waals surface area contributed by atoms with E-state index in [1.807, 2.05) is 11.2 Å². The number of likely N-dealkylation sites (tertiary alicyclic amines) is 1. The van der Waals surface area contributed by atoms with E-state index in [9.17, 15) is 18.6 Å². The molecule has 1 aromatic rings. The van der Waals surface area contributed by atoms with Crippen LogP contribution in [-0.4, -0.2) is 51.5 Å². The van der Waals surface area contributed by atoms with Crippen LogP contribution in [0.15, 0.2) is 33.7 Å². The number of carbonyl (C=O) groups excluding carboxylic acids is 1. The summed E-state index contributed by atoms with van der Waals surface area (Å²) in [7, 11) is -1.41. The molecule has 2 saturated heterocycles. The van der Waals surface area contributed by atoms with Crippen molar-refractivity contribution in [3.05, 3.63) is 35.0 Å². The van der Waals surface area contributed by atoms with Gasteiger partial charge in [-0.2, -0.15) is 0 Å². The fourth-order valence-electron chi connectivity index (χ4n) is 3.48. The maximum Gasteiger partial charge on any atom is 0.225 e. The molecule has 0 bridgehead atoms. The van der Waals surface area contributed by atoms with Crippen molar-refractivity contribution in [1.82, 2.24) is 4.90 Å². The van der Waals surface area contributed by atoms with Crippen molar-refractivity contribution in [3.8, 4) is 0 Å². The Balaban J connectivity index is 1.56. The lowest BCUT2D eigenvalue weighted by Gasteiger charge is -2.36. The highest BCUT2D eigenvalue weighted by Gasteiger charge is 2.39. The molecule has 0 spiro atoms. The molecule has 8 heteroatoms. The Kier molecular flexibility index (Phi) is 5.70. The molecule has 0 aromatic heterocycles. The molecule has 138 valence electrons. The molecule has 2 aliphatic rings. The lowest BCUT2D eigenvalue weighted by molar-refractivity contribution is -0.134. The smallest absolute Gasteiger partial charge is 0.225 e. The Morgan fingerprint density at radius 2 is 1.92 bits per heavy atom. The summed E-state index contributed by atoms with van der Waals surface area (Å²) in [4.78, 5) is 26.1. The van der Waals surface area contributed by atoms with Gasteiger partial charge in [0.15, 0.2) is 4.90 Å². The lowest BCUT2D eigenvalue weighted by Crippen LogP contribution is -2.38. The molecule has 5 nitrogen and oxygen atoms in total. The molecule has 1 amide bonds. The average molecular weight is 387 g/mol. The maximum absolute atomic E-state index is 13.0. The van der Waals surface area contributed by atoms with Gasteiger partial charge in [-0.05, 0) is 70.6 Å². The van der Waals surface area contributed by atoms with E-state index < -0.39 is 21.4 Å². The predicted molar refractivity (Wildman–Crippen MR) is 99.6 cm³/mol. The van der Waals surface area contributed by atoms with Gasteiger partial charge >= 0.3 is 0 Å². The summed E-state index contributed by atoms with van der Waals surface area (Å²) in [5, 5.41) is -0.106. The maximum atomic E-state index is 13.0. The third-order valence-corrected chi connectivity index (χ3v) is 9.46. The van der Waals surface area contributed by atoms with Gasteiger partial charge in [-0.25, -0.2) is 4.39 Å². The second-order valence-corrected chi connectivity index (χ2v) is 12.1. The SMILES string of the molecule is CS1(N=O)CCC(C(=O)N2CCC([S+]([O-])c3ccc(F)cc3)C2)CC1. The van der Waals surface area contributed by atoms with E-state index in [2.05, 4.69) is 4.58 Å². The monoisotopic (exact) mass is 386 g/mol. The molecule has 0 saturated carbocycles.